The number of alkyl halides is 4. The van der Waals surface area contributed by atoms with Gasteiger partial charge in [-0.05, 0) is 6.42 Å². The van der Waals surface area contributed by atoms with Crippen LogP contribution in [0.1, 0.15) is 19.8 Å². The first kappa shape index (κ1) is 13.7. The number of rotatable bonds is 5. The van der Waals surface area contributed by atoms with Crippen molar-refractivity contribution in [3.05, 3.63) is 0 Å². The zero-order chi connectivity index (χ0) is 11.2. The van der Waals surface area contributed by atoms with Crippen LogP contribution in [0.5, 0.6) is 0 Å². The van der Waals surface area contributed by atoms with E-state index in [-0.39, 0.29) is 13.0 Å². The van der Waals surface area contributed by atoms with E-state index in [0.29, 0.717) is 11.8 Å². The molecule has 0 aromatic carbocycles. The van der Waals surface area contributed by atoms with Crippen LogP contribution in [0.15, 0.2) is 0 Å². The lowest BCUT2D eigenvalue weighted by Gasteiger charge is -2.23. The van der Waals surface area contributed by atoms with Crippen molar-refractivity contribution in [1.29, 1.82) is 0 Å². The summed E-state index contributed by atoms with van der Waals surface area (Å²) in [5, 5.41) is 0.393. The van der Waals surface area contributed by atoms with Gasteiger partial charge in [-0.2, -0.15) is 13.2 Å². The Morgan fingerprint density at radius 1 is 1.43 bits per heavy atom. The monoisotopic (exact) mass is 275 g/mol. The van der Waals surface area contributed by atoms with Gasteiger partial charge in [0.05, 0.1) is 0 Å². The predicted molar refractivity (Wildman–Crippen MR) is 51.3 cm³/mol. The van der Waals surface area contributed by atoms with Crippen LogP contribution >= 0.6 is 15.9 Å². The molecule has 0 rings (SSSR count). The third-order valence-electron chi connectivity index (χ3n) is 1.52. The Balaban J connectivity index is 4.21. The molecule has 1 amide bonds. The van der Waals surface area contributed by atoms with E-state index >= 15 is 0 Å². The number of carbonyl (C=O) groups is 1. The van der Waals surface area contributed by atoms with Crippen molar-refractivity contribution in [2.24, 2.45) is 0 Å². The Kier molecular flexibility index (Phi) is 6.15. The molecule has 0 aromatic rings. The van der Waals surface area contributed by atoms with Gasteiger partial charge in [0.2, 0.25) is 5.91 Å². The lowest BCUT2D eigenvalue weighted by molar-refractivity contribution is -0.160. The van der Waals surface area contributed by atoms with E-state index < -0.39 is 18.6 Å². The van der Waals surface area contributed by atoms with E-state index in [1.807, 2.05) is 0 Å². The van der Waals surface area contributed by atoms with Crippen molar-refractivity contribution in [3.8, 4) is 0 Å². The summed E-state index contributed by atoms with van der Waals surface area (Å²) in [6.07, 6.45) is -3.67. The minimum absolute atomic E-state index is 0.107. The normalized spacial score (nSPS) is 11.5. The van der Waals surface area contributed by atoms with Gasteiger partial charge in [0.25, 0.3) is 0 Å². The minimum Gasteiger partial charge on any atom is -0.334 e. The summed E-state index contributed by atoms with van der Waals surface area (Å²) in [4.78, 5) is 12.1. The maximum absolute atomic E-state index is 12.0. The van der Waals surface area contributed by atoms with Crippen LogP contribution in [-0.2, 0) is 4.79 Å². The molecular formula is C8H13BrF3NO. The van der Waals surface area contributed by atoms with E-state index in [0.717, 1.165) is 4.90 Å². The van der Waals surface area contributed by atoms with Crippen LogP contribution in [0.4, 0.5) is 13.2 Å². The van der Waals surface area contributed by atoms with Crippen molar-refractivity contribution in [1.82, 2.24) is 4.90 Å². The fraction of sp³-hybridized carbons (Fsp3) is 0.875. The number of hydrogen-bond donors (Lipinski definition) is 0. The summed E-state index contributed by atoms with van der Waals surface area (Å²) in [6, 6.07) is 0. The molecule has 0 aliphatic rings. The topological polar surface area (TPSA) is 20.3 Å². The van der Waals surface area contributed by atoms with E-state index in [2.05, 4.69) is 15.9 Å². The first-order valence-corrected chi connectivity index (χ1v) is 5.43. The zero-order valence-electron chi connectivity index (χ0n) is 7.90. The largest absolute Gasteiger partial charge is 0.406 e. The Bertz CT molecular complexity index is 184. The second-order valence-electron chi connectivity index (χ2n) is 2.87. The van der Waals surface area contributed by atoms with Gasteiger partial charge in [-0.1, -0.05) is 22.9 Å². The second kappa shape index (κ2) is 6.27. The van der Waals surface area contributed by atoms with Gasteiger partial charge >= 0.3 is 6.18 Å². The molecule has 0 bridgehead atoms. The van der Waals surface area contributed by atoms with E-state index in [4.69, 9.17) is 0 Å². The van der Waals surface area contributed by atoms with Crippen molar-refractivity contribution in [3.63, 3.8) is 0 Å². The first-order valence-electron chi connectivity index (χ1n) is 4.31. The predicted octanol–water partition coefficient (Wildman–Crippen LogP) is 2.57. The lowest BCUT2D eigenvalue weighted by Crippen LogP contribution is -2.39. The number of amides is 1. The molecule has 14 heavy (non-hydrogen) atoms. The molecular weight excluding hydrogens is 263 g/mol. The van der Waals surface area contributed by atoms with Crippen LogP contribution in [0.25, 0.3) is 0 Å². The maximum atomic E-state index is 12.0. The molecule has 0 aliphatic carbocycles. The quantitative estimate of drug-likeness (QED) is 0.707. The van der Waals surface area contributed by atoms with Crippen molar-refractivity contribution in [2.45, 2.75) is 25.9 Å². The van der Waals surface area contributed by atoms with Gasteiger partial charge in [-0.25, -0.2) is 0 Å². The van der Waals surface area contributed by atoms with E-state index in [1.165, 1.54) is 0 Å². The third-order valence-corrected chi connectivity index (χ3v) is 1.92. The van der Waals surface area contributed by atoms with Crippen LogP contribution < -0.4 is 0 Å². The molecule has 0 spiro atoms. The van der Waals surface area contributed by atoms with Crippen LogP contribution in [0.2, 0.25) is 0 Å². The smallest absolute Gasteiger partial charge is 0.334 e. The molecule has 0 saturated carbocycles. The van der Waals surface area contributed by atoms with Crippen LogP contribution in [-0.4, -0.2) is 35.4 Å². The molecule has 0 atom stereocenters. The SMILES string of the molecule is CCCN(CC(F)(F)F)C(=O)CCBr. The lowest BCUT2D eigenvalue weighted by atomic mass is 10.3. The Labute approximate surface area is 89.6 Å². The van der Waals surface area contributed by atoms with Gasteiger partial charge in [0.15, 0.2) is 0 Å². The fourth-order valence-electron chi connectivity index (χ4n) is 1.02. The summed E-state index contributed by atoms with van der Waals surface area (Å²) in [5.41, 5.74) is 0. The summed E-state index contributed by atoms with van der Waals surface area (Å²) >= 11 is 3.02. The highest BCUT2D eigenvalue weighted by Crippen LogP contribution is 2.17. The highest BCUT2D eigenvalue weighted by atomic mass is 79.9. The number of hydrogen-bond acceptors (Lipinski definition) is 1. The average Bonchev–Trinajstić information content (AvgIpc) is 2.01. The van der Waals surface area contributed by atoms with Crippen LogP contribution in [0, 0.1) is 0 Å². The highest BCUT2D eigenvalue weighted by molar-refractivity contribution is 9.09. The molecule has 6 heteroatoms. The summed E-state index contributed by atoms with van der Waals surface area (Å²) in [7, 11) is 0. The molecule has 0 saturated heterocycles. The standard InChI is InChI=1S/C8H13BrF3NO/c1-2-5-13(6-8(10,11)12)7(14)3-4-9/h2-6H2,1H3. The molecule has 0 unspecified atom stereocenters. The van der Waals surface area contributed by atoms with Crippen molar-refractivity contribution >= 4 is 21.8 Å². The molecule has 0 heterocycles. The van der Waals surface area contributed by atoms with Gasteiger partial charge in [-0.3, -0.25) is 4.79 Å². The minimum atomic E-state index is -4.31. The molecule has 84 valence electrons. The number of halogens is 4. The molecule has 0 radical (unpaired) electrons. The molecule has 0 aliphatic heterocycles. The van der Waals surface area contributed by atoms with Gasteiger partial charge < -0.3 is 4.90 Å². The zero-order valence-corrected chi connectivity index (χ0v) is 9.49. The van der Waals surface area contributed by atoms with Gasteiger partial charge in [0.1, 0.15) is 6.54 Å². The summed E-state index contributed by atoms with van der Waals surface area (Å²) in [6.45, 7) is 0.753. The number of carbonyl (C=O) groups excluding carboxylic acids is 1. The Hall–Kier alpha value is -0.260. The maximum Gasteiger partial charge on any atom is 0.406 e. The van der Waals surface area contributed by atoms with Crippen molar-refractivity contribution < 1.29 is 18.0 Å². The molecule has 0 fully saturated rings. The van der Waals surface area contributed by atoms with E-state index in [9.17, 15) is 18.0 Å². The fourth-order valence-corrected chi connectivity index (χ4v) is 1.36. The van der Waals surface area contributed by atoms with Gasteiger partial charge in [-0.15, -0.1) is 0 Å². The second-order valence-corrected chi connectivity index (χ2v) is 3.66. The third kappa shape index (κ3) is 6.23. The number of nitrogens with zero attached hydrogens (tertiary/aromatic N) is 1. The Morgan fingerprint density at radius 2 is 2.00 bits per heavy atom. The highest BCUT2D eigenvalue weighted by Gasteiger charge is 2.32. The van der Waals surface area contributed by atoms with Crippen LogP contribution in [0.3, 0.4) is 0 Å². The van der Waals surface area contributed by atoms with Gasteiger partial charge in [0, 0.05) is 18.3 Å². The van der Waals surface area contributed by atoms with E-state index in [1.54, 1.807) is 6.92 Å². The molecule has 0 N–H and O–H groups in total. The summed E-state index contributed by atoms with van der Waals surface area (Å²) in [5.74, 6) is -0.457. The average molecular weight is 276 g/mol. The van der Waals surface area contributed by atoms with Crippen molar-refractivity contribution in [2.75, 3.05) is 18.4 Å². The molecule has 0 aromatic heterocycles. The molecule has 2 nitrogen and oxygen atoms in total. The Morgan fingerprint density at radius 3 is 2.36 bits per heavy atom. The first-order chi connectivity index (χ1) is 6.40. The summed E-state index contributed by atoms with van der Waals surface area (Å²) < 4.78 is 36.1.